The van der Waals surface area contributed by atoms with Gasteiger partial charge in [0.15, 0.2) is 0 Å². The van der Waals surface area contributed by atoms with Crippen molar-refractivity contribution in [2.75, 3.05) is 38.0 Å². The molecule has 1 unspecified atom stereocenters. The summed E-state index contributed by atoms with van der Waals surface area (Å²) in [6.07, 6.45) is 2.35. The first-order valence-corrected chi connectivity index (χ1v) is 16.6. The third kappa shape index (κ3) is 7.29. The van der Waals surface area contributed by atoms with Crippen molar-refractivity contribution in [3.63, 3.8) is 0 Å². The largest absolute Gasteiger partial charge is 0.506 e. The van der Waals surface area contributed by atoms with E-state index in [1.807, 2.05) is 6.07 Å². The molecule has 6 N–H and O–H groups in total. The Morgan fingerprint density at radius 1 is 0.979 bits per heavy atom. The van der Waals surface area contributed by atoms with Crippen LogP contribution in [0.15, 0.2) is 83.7 Å². The first-order valence-electron chi connectivity index (χ1n) is 16.6. The van der Waals surface area contributed by atoms with E-state index in [2.05, 4.69) is 20.5 Å². The number of esters is 1. The first kappa shape index (κ1) is 33.4. The summed E-state index contributed by atoms with van der Waals surface area (Å²) in [6, 6.07) is 21.5. The van der Waals surface area contributed by atoms with Crippen molar-refractivity contribution in [2.45, 2.75) is 49.9 Å². The average molecular weight is 655 g/mol. The molecule has 4 heterocycles. The van der Waals surface area contributed by atoms with Crippen molar-refractivity contribution in [3.05, 3.63) is 106 Å². The van der Waals surface area contributed by atoms with Crippen LogP contribution in [0.1, 0.15) is 54.9 Å². The number of fused-ring (bicyclic) bond motifs is 4. The lowest BCUT2D eigenvalue weighted by atomic mass is 9.84. The van der Waals surface area contributed by atoms with E-state index in [1.165, 1.54) is 12.1 Å². The number of anilines is 1. The fraction of sp³-hybridized carbons (Fsp3) is 0.378. The van der Waals surface area contributed by atoms with Crippen LogP contribution >= 0.6 is 0 Å². The molecule has 3 saturated heterocycles. The van der Waals surface area contributed by atoms with E-state index in [9.17, 15) is 29.7 Å². The molecule has 3 aromatic carbocycles. The molecule has 0 spiro atoms. The Labute approximate surface area is 278 Å². The van der Waals surface area contributed by atoms with Crippen molar-refractivity contribution in [1.82, 2.24) is 15.2 Å². The van der Waals surface area contributed by atoms with Gasteiger partial charge >= 0.3 is 5.97 Å². The molecule has 1 aromatic heterocycles. The minimum atomic E-state index is -2.05. The van der Waals surface area contributed by atoms with Crippen molar-refractivity contribution in [2.24, 2.45) is 5.92 Å². The molecule has 11 heteroatoms. The molecular formula is C37H42N4O7. The number of phenols is 1. The van der Waals surface area contributed by atoms with Crippen LogP contribution in [-0.2, 0) is 19.9 Å². The zero-order valence-electron chi connectivity index (χ0n) is 26.7. The Kier molecular flexibility index (Phi) is 10.2. The lowest BCUT2D eigenvalue weighted by molar-refractivity contribution is -0.177. The van der Waals surface area contributed by atoms with Crippen molar-refractivity contribution < 1.29 is 29.6 Å². The van der Waals surface area contributed by atoms with Crippen molar-refractivity contribution in [1.29, 1.82) is 0 Å². The molecule has 2 bridgehead atoms. The number of hydrogen-bond acceptors (Lipinski definition) is 9. The van der Waals surface area contributed by atoms with Gasteiger partial charge in [0.25, 0.3) is 0 Å². The second kappa shape index (κ2) is 14.7. The number of pyridine rings is 1. The molecule has 0 aliphatic carbocycles. The van der Waals surface area contributed by atoms with Crippen LogP contribution in [0.4, 0.5) is 5.69 Å². The summed E-state index contributed by atoms with van der Waals surface area (Å²) in [4.78, 5) is 43.1. The Morgan fingerprint density at radius 3 is 2.50 bits per heavy atom. The minimum Gasteiger partial charge on any atom is -0.506 e. The van der Waals surface area contributed by atoms with E-state index in [1.54, 1.807) is 60.7 Å². The van der Waals surface area contributed by atoms with Gasteiger partial charge in [-0.05, 0) is 86.6 Å². The molecule has 3 aliphatic rings. The number of aromatic hydroxyl groups is 1. The van der Waals surface area contributed by atoms with E-state index in [4.69, 9.17) is 4.74 Å². The Hall–Kier alpha value is -4.55. The van der Waals surface area contributed by atoms with Gasteiger partial charge in [-0.2, -0.15) is 0 Å². The van der Waals surface area contributed by atoms with Crippen LogP contribution in [0.2, 0.25) is 0 Å². The third-order valence-corrected chi connectivity index (χ3v) is 9.52. The molecule has 11 nitrogen and oxygen atoms in total. The molecule has 3 fully saturated rings. The number of piperidine rings is 3. The highest BCUT2D eigenvalue weighted by molar-refractivity contribution is 5.92. The number of aliphatic hydroxyl groups excluding tert-OH is 1. The number of amides is 1. The molecule has 1 amide bonds. The molecular weight excluding hydrogens is 612 g/mol. The van der Waals surface area contributed by atoms with Crippen molar-refractivity contribution in [3.8, 4) is 5.75 Å². The summed E-state index contributed by atoms with van der Waals surface area (Å²) in [5.74, 6) is -0.694. The third-order valence-electron chi connectivity index (χ3n) is 9.52. The highest BCUT2D eigenvalue weighted by atomic mass is 16.6. The molecule has 252 valence electrons. The molecule has 0 saturated carbocycles. The van der Waals surface area contributed by atoms with Crippen LogP contribution < -0.4 is 16.2 Å². The zero-order chi connectivity index (χ0) is 33.7. The predicted octanol–water partition coefficient (Wildman–Crippen LogP) is 3.54. The molecule has 0 radical (unpaired) electrons. The quantitative estimate of drug-likeness (QED) is 0.0935. The van der Waals surface area contributed by atoms with Crippen LogP contribution in [0.3, 0.4) is 0 Å². The molecule has 3 aliphatic heterocycles. The van der Waals surface area contributed by atoms with E-state index in [-0.39, 0.29) is 47.7 Å². The summed E-state index contributed by atoms with van der Waals surface area (Å²) >= 11 is 0. The number of carbonyl (C=O) groups is 2. The van der Waals surface area contributed by atoms with E-state index >= 15 is 0 Å². The standard InChI is InChI=1S/C37H42N4O7/c42-30-14-12-28(29-13-15-34(45)40-35(29)30)31(43)22-38-18-5-4-11-33(44)39-27-10-6-9-26(21-27)37(47,25-7-2-1-3-8-25)36(46)48-32-23-41-19-16-24(32)17-20-41/h1-3,6-10,12-15,21,24,31-32,38,42-43,47H,4-5,11,16-20,22-23H2,(H,39,44)(H,40,45)/t31-,32+,37?/m0/s1. The molecule has 48 heavy (non-hydrogen) atoms. The number of rotatable bonds is 13. The number of carbonyl (C=O) groups excluding carboxylic acids is 2. The van der Waals surface area contributed by atoms with Gasteiger partial charge in [-0.15, -0.1) is 0 Å². The number of nitrogens with one attached hydrogen (secondary N) is 3. The summed E-state index contributed by atoms with van der Waals surface area (Å²) in [7, 11) is 0. The molecule has 4 aromatic rings. The topological polar surface area (TPSA) is 164 Å². The van der Waals surface area contributed by atoms with Gasteiger partial charge in [0.1, 0.15) is 11.9 Å². The van der Waals surface area contributed by atoms with Crippen LogP contribution in [-0.4, -0.2) is 75.9 Å². The Bertz CT molecular complexity index is 1800. The zero-order valence-corrected chi connectivity index (χ0v) is 26.7. The normalized spacial score (nSPS) is 20.6. The predicted molar refractivity (Wildman–Crippen MR) is 181 cm³/mol. The van der Waals surface area contributed by atoms with Gasteiger partial charge in [0, 0.05) is 42.2 Å². The van der Waals surface area contributed by atoms with Gasteiger partial charge in [-0.3, -0.25) is 14.5 Å². The van der Waals surface area contributed by atoms with Gasteiger partial charge in [-0.25, -0.2) is 4.79 Å². The second-order valence-electron chi connectivity index (χ2n) is 12.7. The fourth-order valence-electron chi connectivity index (χ4n) is 6.83. The number of ether oxygens (including phenoxy) is 1. The number of aromatic amines is 1. The SMILES string of the molecule is O=C(CCCCNC[C@H](O)c1ccc(O)c2[nH]c(=O)ccc12)Nc1cccc(C(O)(C(=O)O[C@@H]2CN3CCC2CC3)c2ccccc2)c1. The summed E-state index contributed by atoms with van der Waals surface area (Å²) in [5.41, 5.74) is -0.351. The Morgan fingerprint density at radius 2 is 1.75 bits per heavy atom. The summed E-state index contributed by atoms with van der Waals surface area (Å²) in [6.45, 7) is 3.51. The number of benzene rings is 3. The fourth-order valence-corrected chi connectivity index (χ4v) is 6.83. The van der Waals surface area contributed by atoms with E-state index in [0.29, 0.717) is 53.7 Å². The van der Waals surface area contributed by atoms with Crippen molar-refractivity contribution >= 4 is 28.5 Å². The lowest BCUT2D eigenvalue weighted by Crippen LogP contribution is -2.53. The van der Waals surface area contributed by atoms with Gasteiger partial charge in [0.05, 0.1) is 11.6 Å². The monoisotopic (exact) mass is 654 g/mol. The van der Waals surface area contributed by atoms with E-state index in [0.717, 1.165) is 25.9 Å². The van der Waals surface area contributed by atoms with Gasteiger partial charge < -0.3 is 35.7 Å². The highest BCUT2D eigenvalue weighted by Crippen LogP contribution is 2.36. The molecule has 3 atom stereocenters. The van der Waals surface area contributed by atoms with Crippen LogP contribution in [0, 0.1) is 5.92 Å². The number of aromatic nitrogens is 1. The average Bonchev–Trinajstić information content (AvgIpc) is 3.10. The van der Waals surface area contributed by atoms with Gasteiger partial charge in [-0.1, -0.05) is 48.5 Å². The highest BCUT2D eigenvalue weighted by Gasteiger charge is 2.45. The maximum Gasteiger partial charge on any atom is 0.348 e. The van der Waals surface area contributed by atoms with Crippen LogP contribution in [0.5, 0.6) is 5.75 Å². The van der Waals surface area contributed by atoms with E-state index < -0.39 is 17.7 Å². The maximum atomic E-state index is 13.8. The number of phenolic OH excluding ortho intramolecular Hbond substituents is 1. The minimum absolute atomic E-state index is 0.0642. The maximum absolute atomic E-state index is 13.8. The number of unbranched alkanes of at least 4 members (excludes halogenated alkanes) is 1. The first-order chi connectivity index (χ1) is 23.2. The van der Waals surface area contributed by atoms with Gasteiger partial charge in [0.2, 0.25) is 17.1 Å². The summed E-state index contributed by atoms with van der Waals surface area (Å²) in [5, 5.41) is 39.5. The Balaban J connectivity index is 1.02. The number of aliphatic hydroxyl groups is 2. The smallest absolute Gasteiger partial charge is 0.348 e. The number of H-pyrrole nitrogens is 1. The second-order valence-corrected chi connectivity index (χ2v) is 12.7. The lowest BCUT2D eigenvalue weighted by Gasteiger charge is -2.44. The number of hydrogen-bond donors (Lipinski definition) is 6. The number of nitrogens with zero attached hydrogens (tertiary/aromatic N) is 1. The summed E-state index contributed by atoms with van der Waals surface area (Å²) < 4.78 is 6.01. The molecule has 7 rings (SSSR count). The van der Waals surface area contributed by atoms with Crippen LogP contribution in [0.25, 0.3) is 10.9 Å².